The Balaban J connectivity index is 1.63. The fraction of sp³-hybridized carbons (Fsp3) is 0.591. The van der Waals surface area contributed by atoms with E-state index in [1.165, 1.54) is 6.92 Å². The number of carbonyl (C=O) groups excluding carboxylic acids is 3. The molecule has 5 heteroatoms. The smallest absolute Gasteiger partial charge is 0.166 e. The number of carbonyl (C=O) groups is 3. The highest BCUT2D eigenvalue weighted by molar-refractivity contribution is 6.09. The average molecular weight is 370 g/mol. The van der Waals surface area contributed by atoms with Gasteiger partial charge in [-0.3, -0.25) is 14.4 Å². The second-order valence-corrected chi connectivity index (χ2v) is 8.07. The maximum Gasteiger partial charge on any atom is 0.166 e. The molecule has 2 aliphatic rings. The van der Waals surface area contributed by atoms with Crippen LogP contribution in [0.15, 0.2) is 18.2 Å². The van der Waals surface area contributed by atoms with Crippen molar-refractivity contribution < 1.29 is 14.4 Å². The molecule has 0 aromatic heterocycles. The summed E-state index contributed by atoms with van der Waals surface area (Å²) in [5, 5.41) is 0. The molecule has 1 aromatic carbocycles. The fourth-order valence-electron chi connectivity index (χ4n) is 3.93. The Kier molecular flexibility index (Phi) is 6.10. The average Bonchev–Trinajstić information content (AvgIpc) is 2.64. The van der Waals surface area contributed by atoms with E-state index in [0.717, 1.165) is 44.8 Å². The molecule has 27 heavy (non-hydrogen) atoms. The highest BCUT2D eigenvalue weighted by atomic mass is 16.1. The number of nitrogens with zero attached hydrogens (tertiary/aromatic N) is 2. The van der Waals surface area contributed by atoms with Crippen LogP contribution in [-0.2, 0) is 4.79 Å². The van der Waals surface area contributed by atoms with Gasteiger partial charge in [0.2, 0.25) is 0 Å². The van der Waals surface area contributed by atoms with Crippen LogP contribution in [0.25, 0.3) is 0 Å². The largest absolute Gasteiger partial charge is 0.371 e. The number of ketones is 3. The van der Waals surface area contributed by atoms with Crippen LogP contribution in [0.1, 0.15) is 60.7 Å². The Bertz CT molecular complexity index is 727. The van der Waals surface area contributed by atoms with Crippen molar-refractivity contribution in [3.63, 3.8) is 0 Å². The summed E-state index contributed by atoms with van der Waals surface area (Å²) in [5.74, 6) is 0.901. The number of rotatable bonds is 7. The summed E-state index contributed by atoms with van der Waals surface area (Å²) in [5.41, 5.74) is 2.11. The van der Waals surface area contributed by atoms with Crippen LogP contribution < -0.4 is 4.90 Å². The van der Waals surface area contributed by atoms with Crippen LogP contribution in [0.2, 0.25) is 0 Å². The van der Waals surface area contributed by atoms with Gasteiger partial charge in [0.05, 0.1) is 0 Å². The summed E-state index contributed by atoms with van der Waals surface area (Å²) in [6.45, 7) is 10.2. The van der Waals surface area contributed by atoms with Gasteiger partial charge in [-0.1, -0.05) is 13.8 Å². The van der Waals surface area contributed by atoms with E-state index in [9.17, 15) is 14.4 Å². The van der Waals surface area contributed by atoms with Gasteiger partial charge < -0.3 is 9.80 Å². The number of piperidine rings is 1. The molecule has 2 fully saturated rings. The second kappa shape index (κ2) is 8.34. The minimum absolute atomic E-state index is 0.0513. The van der Waals surface area contributed by atoms with Crippen LogP contribution >= 0.6 is 0 Å². The monoisotopic (exact) mass is 370 g/mol. The van der Waals surface area contributed by atoms with E-state index < -0.39 is 0 Å². The number of anilines is 1. The Morgan fingerprint density at radius 3 is 2.41 bits per heavy atom. The van der Waals surface area contributed by atoms with Crippen molar-refractivity contribution in [3.05, 3.63) is 29.3 Å². The zero-order valence-corrected chi connectivity index (χ0v) is 16.7. The van der Waals surface area contributed by atoms with Gasteiger partial charge in [-0.25, -0.2) is 0 Å². The molecule has 0 spiro atoms. The Hall–Kier alpha value is -2.01. The number of likely N-dealkylation sites (tertiary alicyclic amines) is 1. The minimum atomic E-state index is -0.0706. The molecule has 0 radical (unpaired) electrons. The van der Waals surface area contributed by atoms with Crippen LogP contribution in [0.5, 0.6) is 0 Å². The maximum absolute atomic E-state index is 12.6. The summed E-state index contributed by atoms with van der Waals surface area (Å²) in [6.07, 6.45) is 2.14. The molecule has 0 aliphatic carbocycles. The van der Waals surface area contributed by atoms with E-state index in [-0.39, 0.29) is 17.5 Å². The number of benzene rings is 1. The molecular formula is C22H30N2O3. The molecule has 146 valence electrons. The molecule has 1 aromatic rings. The topological polar surface area (TPSA) is 57.7 Å². The van der Waals surface area contributed by atoms with E-state index in [2.05, 4.69) is 9.80 Å². The van der Waals surface area contributed by atoms with Crippen molar-refractivity contribution in [2.24, 2.45) is 11.8 Å². The molecule has 2 heterocycles. The van der Waals surface area contributed by atoms with E-state index in [1.807, 2.05) is 32.0 Å². The van der Waals surface area contributed by atoms with Gasteiger partial charge in [0.15, 0.2) is 11.6 Å². The van der Waals surface area contributed by atoms with Crippen LogP contribution in [-0.4, -0.2) is 55.0 Å². The lowest BCUT2D eigenvalue weighted by Crippen LogP contribution is -2.52. The first-order valence-electron chi connectivity index (χ1n) is 10.1. The lowest BCUT2D eigenvalue weighted by molar-refractivity contribution is -0.121. The fourth-order valence-corrected chi connectivity index (χ4v) is 3.93. The third-order valence-corrected chi connectivity index (χ3v) is 5.96. The van der Waals surface area contributed by atoms with Gasteiger partial charge in [-0.2, -0.15) is 0 Å². The summed E-state index contributed by atoms with van der Waals surface area (Å²) in [7, 11) is 0. The molecule has 2 saturated heterocycles. The summed E-state index contributed by atoms with van der Waals surface area (Å²) in [6, 6.07) is 5.68. The lowest BCUT2D eigenvalue weighted by atomic mass is 9.91. The van der Waals surface area contributed by atoms with Gasteiger partial charge in [-0.15, -0.1) is 0 Å². The summed E-state index contributed by atoms with van der Waals surface area (Å²) < 4.78 is 0. The lowest BCUT2D eigenvalue weighted by Gasteiger charge is -2.44. The van der Waals surface area contributed by atoms with E-state index in [0.29, 0.717) is 35.7 Å². The molecule has 3 rings (SSSR count). The van der Waals surface area contributed by atoms with Crippen molar-refractivity contribution >= 4 is 23.0 Å². The zero-order chi connectivity index (χ0) is 19.6. The van der Waals surface area contributed by atoms with Crippen molar-refractivity contribution in [3.8, 4) is 0 Å². The van der Waals surface area contributed by atoms with Crippen molar-refractivity contribution in [1.82, 2.24) is 4.90 Å². The molecule has 5 nitrogen and oxygen atoms in total. The van der Waals surface area contributed by atoms with Gasteiger partial charge in [0.1, 0.15) is 5.78 Å². The minimum Gasteiger partial charge on any atom is -0.371 e. The molecule has 0 amide bonds. The Morgan fingerprint density at radius 2 is 1.81 bits per heavy atom. The first kappa shape index (κ1) is 19.7. The van der Waals surface area contributed by atoms with Crippen LogP contribution in [0.4, 0.5) is 5.69 Å². The number of hydrogen-bond acceptors (Lipinski definition) is 5. The van der Waals surface area contributed by atoms with Crippen molar-refractivity contribution in [2.45, 2.75) is 40.0 Å². The molecule has 0 N–H and O–H groups in total. The van der Waals surface area contributed by atoms with E-state index in [4.69, 9.17) is 0 Å². The predicted octanol–water partition coefficient (Wildman–Crippen LogP) is 3.22. The third kappa shape index (κ3) is 4.46. The normalized spacial score (nSPS) is 19.7. The third-order valence-electron chi connectivity index (χ3n) is 5.96. The Morgan fingerprint density at radius 1 is 1.15 bits per heavy atom. The molecule has 0 bridgehead atoms. The van der Waals surface area contributed by atoms with Gasteiger partial charge in [-0.05, 0) is 31.5 Å². The zero-order valence-electron chi connectivity index (χ0n) is 16.7. The van der Waals surface area contributed by atoms with Crippen molar-refractivity contribution in [2.75, 3.05) is 37.6 Å². The van der Waals surface area contributed by atoms with Gasteiger partial charge >= 0.3 is 0 Å². The first-order chi connectivity index (χ1) is 12.9. The molecule has 0 saturated carbocycles. The van der Waals surface area contributed by atoms with Crippen LogP contribution in [0.3, 0.4) is 0 Å². The van der Waals surface area contributed by atoms with Gasteiger partial charge in [0.25, 0.3) is 0 Å². The van der Waals surface area contributed by atoms with Crippen molar-refractivity contribution in [1.29, 1.82) is 0 Å². The maximum atomic E-state index is 12.6. The number of hydrogen-bond donors (Lipinski definition) is 0. The molecular weight excluding hydrogens is 340 g/mol. The Labute approximate surface area is 161 Å². The SMILES string of the molecule is CC[C@@H](C)C(=O)c1ccc(N2CC(CN3CCC(=O)CC3)C2)cc1C(C)=O. The molecule has 0 unspecified atom stereocenters. The predicted molar refractivity (Wildman–Crippen MR) is 107 cm³/mol. The first-order valence-corrected chi connectivity index (χ1v) is 10.1. The highest BCUT2D eigenvalue weighted by Crippen LogP contribution is 2.29. The quantitative estimate of drug-likeness (QED) is 0.690. The molecule has 2 aliphatic heterocycles. The summed E-state index contributed by atoms with van der Waals surface area (Å²) >= 11 is 0. The number of Topliss-reactive ketones (excluding diaryl/α,β-unsaturated/α-hetero) is 3. The van der Waals surface area contributed by atoms with Gasteiger partial charge in [0, 0.05) is 74.2 Å². The van der Waals surface area contributed by atoms with E-state index >= 15 is 0 Å². The van der Waals surface area contributed by atoms with Crippen LogP contribution in [0, 0.1) is 11.8 Å². The highest BCUT2D eigenvalue weighted by Gasteiger charge is 2.30. The standard InChI is InChI=1S/C22H30N2O3/c1-4-15(2)22(27)20-6-5-18(11-21(20)16(3)25)24-13-17(14-24)12-23-9-7-19(26)8-10-23/h5-6,11,15,17H,4,7-10,12-14H2,1-3H3/t15-/m1/s1. The van der Waals surface area contributed by atoms with E-state index in [1.54, 1.807) is 0 Å². The second-order valence-electron chi connectivity index (χ2n) is 8.07. The summed E-state index contributed by atoms with van der Waals surface area (Å²) in [4.78, 5) is 40.7. The molecule has 1 atom stereocenters.